The van der Waals surface area contributed by atoms with Crippen LogP contribution in [0.4, 0.5) is 0 Å². The molecular weight excluding hydrogens is 377 g/mol. The average molecular weight is 399 g/mol. The molecule has 0 saturated carbocycles. The van der Waals surface area contributed by atoms with Gasteiger partial charge in [0.05, 0.1) is 11.5 Å². The summed E-state index contributed by atoms with van der Waals surface area (Å²) < 4.78 is 38.1. The molecule has 0 aliphatic carbocycles. The van der Waals surface area contributed by atoms with Gasteiger partial charge in [-0.15, -0.1) is 0 Å². The van der Waals surface area contributed by atoms with Crippen molar-refractivity contribution in [1.82, 2.24) is 4.72 Å². The van der Waals surface area contributed by atoms with Crippen LogP contribution in [0.15, 0.2) is 59.5 Å². The summed E-state index contributed by atoms with van der Waals surface area (Å²) in [6.07, 6.45) is 0.500. The molecule has 0 heterocycles. The summed E-state index contributed by atoms with van der Waals surface area (Å²) in [4.78, 5) is 0.255. The molecule has 0 spiro atoms. The summed E-state index contributed by atoms with van der Waals surface area (Å²) in [6, 6.07) is 16.2. The van der Waals surface area contributed by atoms with Gasteiger partial charge in [-0.05, 0) is 49.4 Å². The molecule has 2 aromatic carbocycles. The van der Waals surface area contributed by atoms with Crippen molar-refractivity contribution in [3.63, 3.8) is 0 Å². The molecule has 0 aliphatic heterocycles. The molecule has 0 fully saturated rings. The van der Waals surface area contributed by atoms with Gasteiger partial charge >= 0.3 is 0 Å². The molecule has 25 heavy (non-hydrogen) atoms. The van der Waals surface area contributed by atoms with Gasteiger partial charge in [0.2, 0.25) is 16.5 Å². The molecule has 2 rings (SSSR count). The second kappa shape index (κ2) is 9.03. The highest BCUT2D eigenvalue weighted by Gasteiger charge is 2.20. The Hall–Kier alpha value is -1.08. The van der Waals surface area contributed by atoms with Gasteiger partial charge in [0, 0.05) is 19.0 Å². The average Bonchev–Trinajstić information content (AvgIpc) is 2.62. The van der Waals surface area contributed by atoms with Crippen LogP contribution >= 0.6 is 6.49 Å². The summed E-state index contributed by atoms with van der Waals surface area (Å²) in [5.41, 5.74) is 1.01. The van der Waals surface area contributed by atoms with Crippen LogP contribution in [-0.4, -0.2) is 28.7 Å². The lowest BCUT2D eigenvalue weighted by molar-refractivity contribution is 0.285. The number of aryl methyl sites for hydroxylation is 1. The standard InChI is InChI=1S/C17H22NO4PS2/c1-15-9-11-17(12-10-15)25(19,20)18-13-6-14-22-23(24,21-2)16-7-4-3-5-8-16/h3-5,7-12,18H,6,13-14H2,1-2H3. The lowest BCUT2D eigenvalue weighted by Gasteiger charge is -2.20. The minimum Gasteiger partial charge on any atom is -0.329 e. The van der Waals surface area contributed by atoms with Crippen LogP contribution in [-0.2, 0) is 30.9 Å². The van der Waals surface area contributed by atoms with Gasteiger partial charge < -0.3 is 9.05 Å². The molecule has 0 bridgehead atoms. The van der Waals surface area contributed by atoms with E-state index in [1.165, 1.54) is 7.11 Å². The molecule has 2 aromatic rings. The van der Waals surface area contributed by atoms with Crippen molar-refractivity contribution in [1.29, 1.82) is 0 Å². The van der Waals surface area contributed by atoms with E-state index in [9.17, 15) is 8.42 Å². The minimum absolute atomic E-state index is 0.255. The summed E-state index contributed by atoms with van der Waals surface area (Å²) in [5, 5.41) is 0.840. The van der Waals surface area contributed by atoms with E-state index in [1.807, 2.05) is 37.3 Å². The molecule has 0 aromatic heterocycles. The Labute approximate surface area is 154 Å². The van der Waals surface area contributed by atoms with Gasteiger partial charge in [0.15, 0.2) is 0 Å². The van der Waals surface area contributed by atoms with Gasteiger partial charge in [-0.3, -0.25) is 0 Å². The van der Waals surface area contributed by atoms with E-state index in [1.54, 1.807) is 24.3 Å². The summed E-state index contributed by atoms with van der Waals surface area (Å²) in [5.74, 6) is 0. The third kappa shape index (κ3) is 5.71. The van der Waals surface area contributed by atoms with E-state index < -0.39 is 16.5 Å². The van der Waals surface area contributed by atoms with Gasteiger partial charge in [-0.1, -0.05) is 35.9 Å². The van der Waals surface area contributed by atoms with E-state index in [2.05, 4.69) is 4.72 Å². The largest absolute Gasteiger partial charge is 0.329 e. The fourth-order valence-electron chi connectivity index (χ4n) is 2.11. The maximum absolute atomic E-state index is 12.2. The van der Waals surface area contributed by atoms with Crippen molar-refractivity contribution in [3.8, 4) is 0 Å². The Balaban J connectivity index is 1.84. The molecule has 0 radical (unpaired) electrons. The van der Waals surface area contributed by atoms with Gasteiger partial charge in [0.25, 0.3) is 0 Å². The van der Waals surface area contributed by atoms with Gasteiger partial charge in [-0.2, -0.15) is 0 Å². The zero-order chi connectivity index (χ0) is 18.3. The number of sulfonamides is 1. The van der Waals surface area contributed by atoms with Crippen LogP contribution in [0.3, 0.4) is 0 Å². The fraction of sp³-hybridized carbons (Fsp3) is 0.294. The highest BCUT2D eigenvalue weighted by Crippen LogP contribution is 2.46. The smallest absolute Gasteiger partial charge is 0.240 e. The number of benzene rings is 2. The molecule has 0 amide bonds. The second-order valence-corrected chi connectivity index (χ2v) is 10.8. The Bertz CT molecular complexity index is 823. The zero-order valence-electron chi connectivity index (χ0n) is 14.2. The van der Waals surface area contributed by atoms with E-state index in [4.69, 9.17) is 20.9 Å². The third-order valence-electron chi connectivity index (χ3n) is 3.52. The van der Waals surface area contributed by atoms with E-state index in [0.717, 1.165) is 10.9 Å². The molecule has 0 aliphatic rings. The van der Waals surface area contributed by atoms with Crippen molar-refractivity contribution in [2.24, 2.45) is 0 Å². The number of nitrogens with one attached hydrogen (secondary N) is 1. The highest BCUT2D eigenvalue weighted by molar-refractivity contribution is 8.13. The zero-order valence-corrected chi connectivity index (χ0v) is 16.7. The van der Waals surface area contributed by atoms with Crippen LogP contribution in [0.1, 0.15) is 12.0 Å². The lowest BCUT2D eigenvalue weighted by Crippen LogP contribution is -2.25. The molecule has 1 N–H and O–H groups in total. The van der Waals surface area contributed by atoms with Crippen molar-refractivity contribution < 1.29 is 17.5 Å². The summed E-state index contributed by atoms with van der Waals surface area (Å²) in [7, 11) is -1.97. The molecule has 0 saturated heterocycles. The van der Waals surface area contributed by atoms with E-state index >= 15 is 0 Å². The maximum Gasteiger partial charge on any atom is 0.240 e. The Morgan fingerprint density at radius 1 is 1.08 bits per heavy atom. The second-order valence-electron chi connectivity index (χ2n) is 5.41. The SMILES string of the molecule is COP(=S)(OCCCNS(=O)(=O)c1ccc(C)cc1)c1ccccc1. The first-order valence-electron chi connectivity index (χ1n) is 7.80. The monoisotopic (exact) mass is 399 g/mol. The highest BCUT2D eigenvalue weighted by atomic mass is 32.5. The maximum atomic E-state index is 12.2. The van der Waals surface area contributed by atoms with Crippen molar-refractivity contribution in [3.05, 3.63) is 60.2 Å². The first kappa shape index (κ1) is 20.2. The predicted molar refractivity (Wildman–Crippen MR) is 104 cm³/mol. The van der Waals surface area contributed by atoms with E-state index in [0.29, 0.717) is 13.0 Å². The summed E-state index contributed by atoms with van der Waals surface area (Å²) in [6.45, 7) is -0.0466. The van der Waals surface area contributed by atoms with Crippen LogP contribution in [0.25, 0.3) is 0 Å². The van der Waals surface area contributed by atoms with Gasteiger partial charge in [-0.25, -0.2) is 13.1 Å². The molecule has 8 heteroatoms. The topological polar surface area (TPSA) is 64.6 Å². The number of rotatable bonds is 9. The summed E-state index contributed by atoms with van der Waals surface area (Å²) >= 11 is 5.51. The molecule has 136 valence electrons. The van der Waals surface area contributed by atoms with Crippen molar-refractivity contribution >= 4 is 33.6 Å². The lowest BCUT2D eigenvalue weighted by atomic mass is 10.2. The van der Waals surface area contributed by atoms with Crippen LogP contribution in [0.5, 0.6) is 0 Å². The fourth-order valence-corrected chi connectivity index (χ4v) is 5.14. The molecule has 5 nitrogen and oxygen atoms in total. The molecule has 1 atom stereocenters. The Morgan fingerprint density at radius 3 is 2.32 bits per heavy atom. The predicted octanol–water partition coefficient (Wildman–Crippen LogP) is 2.96. The molecular formula is C17H22NO4PS2. The van der Waals surface area contributed by atoms with Crippen molar-refractivity contribution in [2.45, 2.75) is 18.2 Å². The number of hydrogen-bond acceptors (Lipinski definition) is 5. The quantitative estimate of drug-likeness (QED) is 0.519. The van der Waals surface area contributed by atoms with Gasteiger partial charge in [0.1, 0.15) is 0 Å². The molecule has 1 unspecified atom stereocenters. The van der Waals surface area contributed by atoms with Crippen molar-refractivity contribution in [2.75, 3.05) is 20.3 Å². The van der Waals surface area contributed by atoms with Crippen LogP contribution < -0.4 is 10.0 Å². The third-order valence-corrected chi connectivity index (χ3v) is 8.33. The van der Waals surface area contributed by atoms with E-state index in [-0.39, 0.29) is 11.4 Å². The normalized spacial score (nSPS) is 14.2. The minimum atomic E-state index is -3.50. The van der Waals surface area contributed by atoms with Crippen LogP contribution in [0, 0.1) is 6.92 Å². The van der Waals surface area contributed by atoms with Crippen LogP contribution in [0.2, 0.25) is 0 Å². The first-order valence-corrected chi connectivity index (χ1v) is 11.9. The Kier molecular flexibility index (Phi) is 7.31. The number of hydrogen-bond donors (Lipinski definition) is 1. The first-order chi connectivity index (χ1) is 11.9. The Morgan fingerprint density at radius 2 is 1.72 bits per heavy atom.